The van der Waals surface area contributed by atoms with Gasteiger partial charge >= 0.3 is 0 Å². The van der Waals surface area contributed by atoms with E-state index in [4.69, 9.17) is 23.7 Å². The minimum absolute atomic E-state index is 0.131. The van der Waals surface area contributed by atoms with Crippen molar-refractivity contribution in [3.63, 3.8) is 0 Å². The molecule has 0 radical (unpaired) electrons. The van der Waals surface area contributed by atoms with Crippen molar-refractivity contribution in [2.75, 3.05) is 20.3 Å². The zero-order valence-electron chi connectivity index (χ0n) is 20.1. The Kier molecular flexibility index (Phi) is 9.69. The van der Waals surface area contributed by atoms with E-state index in [0.29, 0.717) is 32.8 Å². The molecule has 35 heavy (non-hydrogen) atoms. The van der Waals surface area contributed by atoms with Gasteiger partial charge in [0.2, 0.25) is 0 Å². The van der Waals surface area contributed by atoms with Crippen molar-refractivity contribution in [1.29, 1.82) is 0 Å². The fraction of sp³-hybridized carbons (Fsp3) is 0.379. The van der Waals surface area contributed by atoms with Crippen molar-refractivity contribution in [1.82, 2.24) is 0 Å². The first-order valence-corrected chi connectivity index (χ1v) is 12.0. The molecule has 6 heteroatoms. The molecule has 186 valence electrons. The summed E-state index contributed by atoms with van der Waals surface area (Å²) in [7, 11) is 1.65. The third kappa shape index (κ3) is 7.62. The zero-order chi connectivity index (χ0) is 24.3. The molecule has 0 aromatic heterocycles. The van der Waals surface area contributed by atoms with Crippen LogP contribution in [0.25, 0.3) is 0 Å². The highest BCUT2D eigenvalue weighted by molar-refractivity contribution is 5.26. The van der Waals surface area contributed by atoms with Crippen molar-refractivity contribution >= 4 is 0 Å². The van der Waals surface area contributed by atoms with Gasteiger partial charge < -0.3 is 28.8 Å². The quantitative estimate of drug-likeness (QED) is 0.413. The van der Waals surface area contributed by atoms with E-state index in [1.54, 1.807) is 7.11 Å². The predicted molar refractivity (Wildman–Crippen MR) is 133 cm³/mol. The summed E-state index contributed by atoms with van der Waals surface area (Å²) < 4.78 is 30.0. The van der Waals surface area contributed by atoms with Crippen LogP contribution in [0.2, 0.25) is 0 Å². The van der Waals surface area contributed by atoms with Crippen LogP contribution in [0, 0.1) is 0 Å². The van der Waals surface area contributed by atoms with Gasteiger partial charge in [0.25, 0.3) is 0 Å². The zero-order valence-corrected chi connectivity index (χ0v) is 20.1. The smallest absolute Gasteiger partial charge is 0.118 e. The van der Waals surface area contributed by atoms with Gasteiger partial charge in [0, 0.05) is 6.42 Å². The number of ether oxygens (including phenoxy) is 5. The number of aliphatic hydroxyl groups excluding tert-OH is 1. The minimum Gasteiger partial charge on any atom is -0.497 e. The molecule has 3 aromatic rings. The van der Waals surface area contributed by atoms with E-state index >= 15 is 0 Å². The van der Waals surface area contributed by atoms with E-state index in [0.717, 1.165) is 22.4 Å². The van der Waals surface area contributed by atoms with Crippen molar-refractivity contribution in [3.8, 4) is 5.75 Å². The molecule has 1 N–H and O–H groups in total. The number of benzene rings is 3. The largest absolute Gasteiger partial charge is 0.497 e. The van der Waals surface area contributed by atoms with E-state index < -0.39 is 6.10 Å². The predicted octanol–water partition coefficient (Wildman–Crippen LogP) is 4.53. The lowest BCUT2D eigenvalue weighted by atomic mass is 9.98. The van der Waals surface area contributed by atoms with E-state index in [1.807, 2.05) is 84.9 Å². The van der Waals surface area contributed by atoms with E-state index in [2.05, 4.69) is 0 Å². The number of hydrogen-bond acceptors (Lipinski definition) is 6. The van der Waals surface area contributed by atoms with E-state index in [9.17, 15) is 5.11 Å². The van der Waals surface area contributed by atoms with Crippen LogP contribution in [0.3, 0.4) is 0 Å². The van der Waals surface area contributed by atoms with Crippen LogP contribution in [0.15, 0.2) is 84.9 Å². The molecule has 0 bridgehead atoms. The van der Waals surface area contributed by atoms with Gasteiger partial charge in [-0.2, -0.15) is 0 Å². The summed E-state index contributed by atoms with van der Waals surface area (Å²) in [6.07, 6.45) is -0.674. The Morgan fingerprint density at radius 1 is 0.714 bits per heavy atom. The fourth-order valence-electron chi connectivity index (χ4n) is 4.16. The highest BCUT2D eigenvalue weighted by atomic mass is 16.6. The van der Waals surface area contributed by atoms with Crippen LogP contribution in [0.4, 0.5) is 0 Å². The van der Waals surface area contributed by atoms with Crippen LogP contribution in [0.5, 0.6) is 5.75 Å². The van der Waals surface area contributed by atoms with Crippen molar-refractivity contribution in [3.05, 3.63) is 102 Å². The normalized spacial score (nSPS) is 22.1. The Labute approximate surface area is 207 Å². The number of rotatable bonds is 12. The summed E-state index contributed by atoms with van der Waals surface area (Å²) in [4.78, 5) is 0. The van der Waals surface area contributed by atoms with Crippen molar-refractivity contribution in [2.24, 2.45) is 0 Å². The SMILES string of the molecule is COc1ccc(CO[C@H]2C[C@@H](OCc3ccccc3)[C@H](COCc3ccccc3)O[C@@H]2CO)cc1. The van der Waals surface area contributed by atoms with Crippen LogP contribution in [0.1, 0.15) is 23.1 Å². The molecule has 1 heterocycles. The topological polar surface area (TPSA) is 66.4 Å². The Morgan fingerprint density at radius 2 is 1.26 bits per heavy atom. The lowest BCUT2D eigenvalue weighted by molar-refractivity contribution is -0.222. The average molecular weight is 479 g/mol. The number of methoxy groups -OCH3 is 1. The molecule has 0 aliphatic carbocycles. The maximum absolute atomic E-state index is 10.0. The van der Waals surface area contributed by atoms with Crippen LogP contribution < -0.4 is 4.74 Å². The molecule has 4 rings (SSSR count). The third-order valence-corrected chi connectivity index (χ3v) is 6.15. The maximum atomic E-state index is 10.0. The fourth-order valence-corrected chi connectivity index (χ4v) is 4.16. The minimum atomic E-state index is -0.449. The van der Waals surface area contributed by atoms with Gasteiger partial charge in [-0.1, -0.05) is 72.8 Å². The lowest BCUT2D eigenvalue weighted by Gasteiger charge is -2.40. The second-order valence-electron chi connectivity index (χ2n) is 8.66. The summed E-state index contributed by atoms with van der Waals surface area (Å²) in [5.74, 6) is 0.802. The van der Waals surface area contributed by atoms with Gasteiger partial charge in [-0.05, 0) is 28.8 Å². The Morgan fingerprint density at radius 3 is 1.83 bits per heavy atom. The summed E-state index contributed by atoms with van der Waals surface area (Å²) in [5, 5.41) is 10.0. The summed E-state index contributed by atoms with van der Waals surface area (Å²) in [6, 6.07) is 27.9. The van der Waals surface area contributed by atoms with Gasteiger partial charge in [-0.25, -0.2) is 0 Å². The Balaban J connectivity index is 1.38. The maximum Gasteiger partial charge on any atom is 0.118 e. The van der Waals surface area contributed by atoms with Crippen LogP contribution >= 0.6 is 0 Å². The molecule has 0 unspecified atom stereocenters. The first-order chi connectivity index (χ1) is 17.2. The molecule has 6 nitrogen and oxygen atoms in total. The molecular weight excluding hydrogens is 444 g/mol. The first-order valence-electron chi connectivity index (χ1n) is 12.0. The highest BCUT2D eigenvalue weighted by Crippen LogP contribution is 2.27. The monoisotopic (exact) mass is 478 g/mol. The molecule has 0 spiro atoms. The molecule has 1 saturated heterocycles. The van der Waals surface area contributed by atoms with E-state index in [1.165, 1.54) is 0 Å². The van der Waals surface area contributed by atoms with Crippen LogP contribution in [-0.2, 0) is 38.8 Å². The molecule has 0 saturated carbocycles. The highest BCUT2D eigenvalue weighted by Gasteiger charge is 2.39. The third-order valence-electron chi connectivity index (χ3n) is 6.15. The van der Waals surface area contributed by atoms with Crippen LogP contribution in [-0.4, -0.2) is 49.8 Å². The lowest BCUT2D eigenvalue weighted by Crippen LogP contribution is -2.52. The van der Waals surface area contributed by atoms with Gasteiger partial charge in [0.1, 0.15) is 18.0 Å². The van der Waals surface area contributed by atoms with Crippen molar-refractivity contribution in [2.45, 2.75) is 50.7 Å². The molecule has 1 fully saturated rings. The molecular formula is C29H34O6. The second kappa shape index (κ2) is 13.4. The Hall–Kier alpha value is -2.74. The average Bonchev–Trinajstić information content (AvgIpc) is 2.92. The summed E-state index contributed by atoms with van der Waals surface area (Å²) >= 11 is 0. The Bertz CT molecular complexity index is 979. The summed E-state index contributed by atoms with van der Waals surface area (Å²) in [6.45, 7) is 1.62. The van der Waals surface area contributed by atoms with Gasteiger partial charge in [-0.15, -0.1) is 0 Å². The molecule has 3 aromatic carbocycles. The first kappa shape index (κ1) is 25.4. The van der Waals surface area contributed by atoms with Crippen molar-refractivity contribution < 1.29 is 28.8 Å². The molecule has 4 atom stereocenters. The second-order valence-corrected chi connectivity index (χ2v) is 8.66. The standard InChI is InChI=1S/C29H34O6/c1-31-25-14-12-24(13-15-25)20-33-26-16-27(34-19-23-10-6-3-7-11-23)29(35-28(26)17-30)21-32-18-22-8-4-2-5-9-22/h2-15,26-30H,16-21H2,1H3/t26-,27+,28+,29-/m0/s1. The number of hydrogen-bond donors (Lipinski definition) is 1. The van der Waals surface area contributed by atoms with Gasteiger partial charge in [0.15, 0.2) is 0 Å². The summed E-state index contributed by atoms with van der Waals surface area (Å²) in [5.41, 5.74) is 3.22. The van der Waals surface area contributed by atoms with Gasteiger partial charge in [0.05, 0.1) is 52.4 Å². The molecule has 1 aliphatic heterocycles. The van der Waals surface area contributed by atoms with Gasteiger partial charge in [-0.3, -0.25) is 0 Å². The van der Waals surface area contributed by atoms with E-state index in [-0.39, 0.29) is 24.9 Å². The molecule has 1 aliphatic rings. The number of aliphatic hydroxyl groups is 1. The molecule has 0 amide bonds.